The van der Waals surface area contributed by atoms with Gasteiger partial charge in [-0.05, 0) is 30.9 Å². The minimum atomic E-state index is -3.02. The zero-order valence-electron chi connectivity index (χ0n) is 10.2. The van der Waals surface area contributed by atoms with Gasteiger partial charge in [0.05, 0.1) is 11.5 Å². The van der Waals surface area contributed by atoms with Gasteiger partial charge in [0.15, 0.2) is 9.84 Å². The monoisotopic (exact) mass is 256 g/mol. The van der Waals surface area contributed by atoms with Gasteiger partial charge >= 0.3 is 0 Å². The molecular formula is C13H20O3S. The van der Waals surface area contributed by atoms with Gasteiger partial charge in [-0.15, -0.1) is 0 Å². The lowest BCUT2D eigenvalue weighted by molar-refractivity contribution is 0.284. The van der Waals surface area contributed by atoms with Crippen LogP contribution < -0.4 is 0 Å². The number of aliphatic hydroxyl groups is 1. The molecule has 0 aliphatic heterocycles. The first-order valence-electron chi connectivity index (χ1n) is 5.91. The summed E-state index contributed by atoms with van der Waals surface area (Å²) in [5.74, 6) is 0.333. The zero-order valence-corrected chi connectivity index (χ0v) is 11.0. The number of aryl methyl sites for hydroxylation is 1. The highest BCUT2D eigenvalue weighted by Gasteiger charge is 2.12. The third kappa shape index (κ3) is 5.33. The first-order valence-corrected chi connectivity index (χ1v) is 7.73. The number of rotatable bonds is 7. The summed E-state index contributed by atoms with van der Waals surface area (Å²) in [4.78, 5) is 0. The van der Waals surface area contributed by atoms with Crippen molar-refractivity contribution >= 4 is 9.84 Å². The van der Waals surface area contributed by atoms with Gasteiger partial charge in [-0.2, -0.15) is 0 Å². The first-order chi connectivity index (χ1) is 8.05. The molecule has 0 bridgehead atoms. The Labute approximate surface area is 103 Å². The number of benzene rings is 1. The second-order valence-electron chi connectivity index (χ2n) is 4.30. The topological polar surface area (TPSA) is 54.4 Å². The van der Waals surface area contributed by atoms with Crippen LogP contribution in [-0.4, -0.2) is 25.9 Å². The van der Waals surface area contributed by atoms with Gasteiger partial charge in [-0.3, -0.25) is 0 Å². The molecule has 0 spiro atoms. The van der Waals surface area contributed by atoms with Gasteiger partial charge in [-0.25, -0.2) is 8.42 Å². The molecule has 96 valence electrons. The Kier molecular flexibility index (Phi) is 5.65. The SMILES string of the molecule is Cc1ccccc1CS(=O)(=O)CCCCCO. The third-order valence-electron chi connectivity index (χ3n) is 2.75. The van der Waals surface area contributed by atoms with E-state index in [1.54, 1.807) is 0 Å². The molecule has 0 atom stereocenters. The number of sulfone groups is 1. The molecule has 0 heterocycles. The lowest BCUT2D eigenvalue weighted by Gasteiger charge is -2.06. The van der Waals surface area contributed by atoms with Crippen molar-refractivity contribution < 1.29 is 13.5 Å². The summed E-state index contributed by atoms with van der Waals surface area (Å²) in [6, 6.07) is 7.56. The maximum Gasteiger partial charge on any atom is 0.154 e. The maximum atomic E-state index is 11.9. The summed E-state index contributed by atoms with van der Waals surface area (Å²) >= 11 is 0. The molecule has 0 saturated heterocycles. The van der Waals surface area contributed by atoms with E-state index in [0.29, 0.717) is 12.8 Å². The molecule has 0 saturated carbocycles. The van der Waals surface area contributed by atoms with Crippen LogP contribution in [0.2, 0.25) is 0 Å². The van der Waals surface area contributed by atoms with Crippen molar-refractivity contribution in [2.24, 2.45) is 0 Å². The Morgan fingerprint density at radius 1 is 1.12 bits per heavy atom. The van der Waals surface area contributed by atoms with Crippen molar-refractivity contribution in [3.8, 4) is 0 Å². The van der Waals surface area contributed by atoms with Crippen LogP contribution in [0.25, 0.3) is 0 Å². The molecule has 1 aromatic carbocycles. The number of unbranched alkanes of at least 4 members (excludes halogenated alkanes) is 2. The van der Waals surface area contributed by atoms with Crippen molar-refractivity contribution in [2.75, 3.05) is 12.4 Å². The second kappa shape index (κ2) is 6.77. The normalized spacial score (nSPS) is 11.6. The summed E-state index contributed by atoms with van der Waals surface area (Å²) in [6.45, 7) is 2.06. The van der Waals surface area contributed by atoms with Crippen LogP contribution in [0.15, 0.2) is 24.3 Å². The van der Waals surface area contributed by atoms with Gasteiger partial charge < -0.3 is 5.11 Å². The molecule has 0 aliphatic rings. The summed E-state index contributed by atoms with van der Waals surface area (Å²) in [5.41, 5.74) is 1.90. The van der Waals surface area contributed by atoms with Crippen molar-refractivity contribution in [2.45, 2.75) is 31.9 Å². The second-order valence-corrected chi connectivity index (χ2v) is 6.49. The van der Waals surface area contributed by atoms with Gasteiger partial charge in [0.25, 0.3) is 0 Å². The van der Waals surface area contributed by atoms with E-state index in [-0.39, 0.29) is 18.1 Å². The fourth-order valence-electron chi connectivity index (χ4n) is 1.69. The number of hydrogen-bond donors (Lipinski definition) is 1. The summed E-state index contributed by atoms with van der Waals surface area (Å²) in [6.07, 6.45) is 2.08. The van der Waals surface area contributed by atoms with E-state index in [1.807, 2.05) is 31.2 Å². The minimum Gasteiger partial charge on any atom is -0.396 e. The standard InChI is InChI=1S/C13H20O3S/c1-12-7-3-4-8-13(12)11-17(15,16)10-6-2-5-9-14/h3-4,7-8,14H,2,5-6,9-11H2,1H3. The average molecular weight is 256 g/mol. The average Bonchev–Trinajstić information content (AvgIpc) is 2.28. The summed E-state index contributed by atoms with van der Waals surface area (Å²) in [7, 11) is -3.02. The van der Waals surface area contributed by atoms with Gasteiger partial charge in [0, 0.05) is 6.61 Å². The van der Waals surface area contributed by atoms with E-state index in [4.69, 9.17) is 5.11 Å². The van der Waals surface area contributed by atoms with Crippen LogP contribution in [0, 0.1) is 6.92 Å². The predicted octanol–water partition coefficient (Wildman–Crippen LogP) is 2.07. The van der Waals surface area contributed by atoms with Gasteiger partial charge in [0.2, 0.25) is 0 Å². The first kappa shape index (κ1) is 14.2. The van der Waals surface area contributed by atoms with Crippen LogP contribution in [0.5, 0.6) is 0 Å². The molecule has 0 aromatic heterocycles. The van der Waals surface area contributed by atoms with E-state index < -0.39 is 9.84 Å². The Balaban J connectivity index is 2.52. The number of aliphatic hydroxyl groups excluding tert-OH is 1. The fraction of sp³-hybridized carbons (Fsp3) is 0.538. The highest BCUT2D eigenvalue weighted by molar-refractivity contribution is 7.90. The Morgan fingerprint density at radius 2 is 1.82 bits per heavy atom. The van der Waals surface area contributed by atoms with Crippen LogP contribution in [0.1, 0.15) is 30.4 Å². The van der Waals surface area contributed by atoms with E-state index >= 15 is 0 Å². The van der Waals surface area contributed by atoms with Crippen molar-refractivity contribution in [1.29, 1.82) is 0 Å². The molecule has 0 unspecified atom stereocenters. The molecule has 0 amide bonds. The molecule has 17 heavy (non-hydrogen) atoms. The quantitative estimate of drug-likeness (QED) is 0.760. The number of hydrogen-bond acceptors (Lipinski definition) is 3. The largest absolute Gasteiger partial charge is 0.396 e. The van der Waals surface area contributed by atoms with Crippen molar-refractivity contribution in [3.05, 3.63) is 35.4 Å². The fourth-order valence-corrected chi connectivity index (χ4v) is 3.28. The van der Waals surface area contributed by atoms with Crippen molar-refractivity contribution in [1.82, 2.24) is 0 Å². The Hall–Kier alpha value is -0.870. The zero-order chi connectivity index (χ0) is 12.7. The van der Waals surface area contributed by atoms with Crippen molar-refractivity contribution in [3.63, 3.8) is 0 Å². The highest BCUT2D eigenvalue weighted by Crippen LogP contribution is 2.13. The molecular weight excluding hydrogens is 236 g/mol. The summed E-state index contributed by atoms with van der Waals surface area (Å²) < 4.78 is 23.7. The molecule has 1 aromatic rings. The summed E-state index contributed by atoms with van der Waals surface area (Å²) in [5, 5.41) is 8.62. The molecule has 0 aliphatic carbocycles. The predicted molar refractivity (Wildman–Crippen MR) is 69.6 cm³/mol. The molecule has 3 nitrogen and oxygen atoms in total. The molecule has 1 N–H and O–H groups in total. The maximum absolute atomic E-state index is 11.9. The van der Waals surface area contributed by atoms with E-state index in [2.05, 4.69) is 0 Å². The van der Waals surface area contributed by atoms with Gasteiger partial charge in [-0.1, -0.05) is 30.7 Å². The van der Waals surface area contributed by atoms with Crippen LogP contribution in [0.3, 0.4) is 0 Å². The van der Waals surface area contributed by atoms with Crippen LogP contribution >= 0.6 is 0 Å². The Morgan fingerprint density at radius 3 is 2.47 bits per heavy atom. The Bertz CT molecular complexity index is 438. The molecule has 1 rings (SSSR count). The molecule has 4 heteroatoms. The van der Waals surface area contributed by atoms with Crippen LogP contribution in [0.4, 0.5) is 0 Å². The minimum absolute atomic E-state index is 0.124. The molecule has 0 radical (unpaired) electrons. The molecule has 0 fully saturated rings. The van der Waals surface area contributed by atoms with Crippen LogP contribution in [-0.2, 0) is 15.6 Å². The smallest absolute Gasteiger partial charge is 0.154 e. The van der Waals surface area contributed by atoms with Gasteiger partial charge in [0.1, 0.15) is 0 Å². The van der Waals surface area contributed by atoms with E-state index in [0.717, 1.165) is 17.5 Å². The lowest BCUT2D eigenvalue weighted by atomic mass is 10.1. The third-order valence-corrected chi connectivity index (χ3v) is 4.41. The van der Waals surface area contributed by atoms with E-state index in [1.165, 1.54) is 0 Å². The highest BCUT2D eigenvalue weighted by atomic mass is 32.2. The lowest BCUT2D eigenvalue weighted by Crippen LogP contribution is -2.10. The van der Waals surface area contributed by atoms with E-state index in [9.17, 15) is 8.42 Å².